The molecule has 0 amide bonds. The van der Waals surface area contributed by atoms with E-state index in [0.29, 0.717) is 5.56 Å². The van der Waals surface area contributed by atoms with Crippen molar-refractivity contribution in [1.82, 2.24) is 0 Å². The van der Waals surface area contributed by atoms with Gasteiger partial charge in [-0.2, -0.15) is 5.26 Å². The minimum atomic E-state index is -3.44. The molecule has 1 aliphatic carbocycles. The highest BCUT2D eigenvalue weighted by atomic mass is 32.2. The Hall–Kier alpha value is -1.45. The lowest BCUT2D eigenvalue weighted by atomic mass is 10.0. The van der Waals surface area contributed by atoms with Gasteiger partial charge in [-0.05, 0) is 17.7 Å². The Labute approximate surface area is 111 Å². The van der Waals surface area contributed by atoms with Crippen molar-refractivity contribution < 1.29 is 17.9 Å². The van der Waals surface area contributed by atoms with Gasteiger partial charge in [0.05, 0.1) is 17.9 Å². The monoisotopic (exact) mass is 283 g/mol. The predicted molar refractivity (Wildman–Crippen MR) is 67.5 cm³/mol. The highest BCUT2D eigenvalue weighted by Crippen LogP contribution is 2.62. The molecule has 102 valence electrons. The number of aliphatic hydroxyl groups excluding tert-OH is 1. The molecule has 1 N–H and O–H groups in total. The SMILES string of the molecule is CCS(=O)(=O)[C@H]1[C@H](c2ccc(F)cc2)[C@@]1(C#N)CO. The quantitative estimate of drug-likeness (QED) is 0.901. The van der Waals surface area contributed by atoms with Crippen molar-refractivity contribution in [3.8, 4) is 6.07 Å². The summed E-state index contributed by atoms with van der Waals surface area (Å²) in [6.45, 7) is 0.990. The summed E-state index contributed by atoms with van der Waals surface area (Å²) in [7, 11) is -3.44. The van der Waals surface area contributed by atoms with Gasteiger partial charge in [0.25, 0.3) is 0 Å². The van der Waals surface area contributed by atoms with Crippen molar-refractivity contribution in [2.24, 2.45) is 5.41 Å². The number of aliphatic hydroxyl groups is 1. The summed E-state index contributed by atoms with van der Waals surface area (Å²) in [5, 5.41) is 17.7. The zero-order valence-electron chi connectivity index (χ0n) is 10.4. The number of hydrogen-bond donors (Lipinski definition) is 1. The second-order valence-electron chi connectivity index (χ2n) is 4.71. The third-order valence-corrected chi connectivity index (χ3v) is 6.02. The van der Waals surface area contributed by atoms with E-state index >= 15 is 0 Å². The Balaban J connectivity index is 2.46. The molecule has 19 heavy (non-hydrogen) atoms. The third-order valence-electron chi connectivity index (χ3n) is 3.74. The van der Waals surface area contributed by atoms with Crippen LogP contribution in [0, 0.1) is 22.6 Å². The van der Waals surface area contributed by atoms with Gasteiger partial charge in [0.2, 0.25) is 0 Å². The van der Waals surface area contributed by atoms with Gasteiger partial charge in [0.15, 0.2) is 9.84 Å². The molecule has 1 aromatic carbocycles. The van der Waals surface area contributed by atoms with Gasteiger partial charge in [-0.25, -0.2) is 12.8 Å². The summed E-state index contributed by atoms with van der Waals surface area (Å²) < 4.78 is 36.9. The molecule has 0 radical (unpaired) electrons. The molecule has 1 saturated carbocycles. The van der Waals surface area contributed by atoms with E-state index in [2.05, 4.69) is 0 Å². The summed E-state index contributed by atoms with van der Waals surface area (Å²) in [5.74, 6) is -1.10. The Morgan fingerprint density at radius 1 is 1.42 bits per heavy atom. The molecule has 0 aromatic heterocycles. The number of nitriles is 1. The first-order valence-electron chi connectivity index (χ1n) is 5.92. The van der Waals surface area contributed by atoms with Crippen molar-refractivity contribution in [1.29, 1.82) is 5.26 Å². The van der Waals surface area contributed by atoms with E-state index in [1.54, 1.807) is 0 Å². The summed E-state index contributed by atoms with van der Waals surface area (Å²) >= 11 is 0. The molecule has 3 atom stereocenters. The molecule has 4 nitrogen and oxygen atoms in total. The lowest BCUT2D eigenvalue weighted by molar-refractivity contribution is 0.242. The Kier molecular flexibility index (Phi) is 3.37. The van der Waals surface area contributed by atoms with E-state index < -0.39 is 38.8 Å². The fraction of sp³-hybridized carbons (Fsp3) is 0.462. The minimum Gasteiger partial charge on any atom is -0.395 e. The van der Waals surface area contributed by atoms with Crippen LogP contribution in [0.15, 0.2) is 24.3 Å². The van der Waals surface area contributed by atoms with Crippen LogP contribution in [0.3, 0.4) is 0 Å². The molecule has 0 bridgehead atoms. The fourth-order valence-electron chi connectivity index (χ4n) is 2.61. The Bertz CT molecular complexity index is 620. The molecule has 0 aliphatic heterocycles. The lowest BCUT2D eigenvalue weighted by Crippen LogP contribution is -2.19. The smallest absolute Gasteiger partial charge is 0.155 e. The molecule has 1 aliphatic rings. The van der Waals surface area contributed by atoms with Gasteiger partial charge >= 0.3 is 0 Å². The zero-order chi connectivity index (χ0) is 14.3. The summed E-state index contributed by atoms with van der Waals surface area (Å²) in [6, 6.07) is 7.31. The van der Waals surface area contributed by atoms with Crippen molar-refractivity contribution >= 4 is 9.84 Å². The number of hydrogen-bond acceptors (Lipinski definition) is 4. The molecule has 0 heterocycles. The van der Waals surface area contributed by atoms with Crippen LogP contribution in [0.25, 0.3) is 0 Å². The molecule has 6 heteroatoms. The molecule has 1 fully saturated rings. The van der Waals surface area contributed by atoms with Crippen LogP contribution in [-0.2, 0) is 9.84 Å². The average molecular weight is 283 g/mol. The first-order valence-corrected chi connectivity index (χ1v) is 7.63. The maximum atomic E-state index is 12.9. The average Bonchev–Trinajstić information content (AvgIpc) is 3.10. The predicted octanol–water partition coefficient (Wildman–Crippen LogP) is 1.23. The van der Waals surface area contributed by atoms with Gasteiger partial charge < -0.3 is 5.11 Å². The highest BCUT2D eigenvalue weighted by Gasteiger charge is 2.71. The van der Waals surface area contributed by atoms with Crippen LogP contribution in [-0.4, -0.2) is 31.1 Å². The third kappa shape index (κ3) is 2.03. The van der Waals surface area contributed by atoms with Crippen LogP contribution < -0.4 is 0 Å². The van der Waals surface area contributed by atoms with E-state index in [-0.39, 0.29) is 5.75 Å². The van der Waals surface area contributed by atoms with Gasteiger partial charge in [-0.15, -0.1) is 0 Å². The van der Waals surface area contributed by atoms with E-state index in [4.69, 9.17) is 0 Å². The Morgan fingerprint density at radius 2 is 2.00 bits per heavy atom. The normalized spacial score (nSPS) is 29.8. The molecular formula is C13H14FNO3S. The van der Waals surface area contributed by atoms with Crippen LogP contribution in [0.5, 0.6) is 0 Å². The lowest BCUT2D eigenvalue weighted by Gasteiger charge is -2.03. The molecule has 0 unspecified atom stereocenters. The standard InChI is InChI=1S/C13H14FNO3S/c1-2-19(17,18)12-11(13(12,7-15)8-16)9-3-5-10(14)6-4-9/h3-6,11-12,16H,2,8H2,1H3/t11-,12-,13+/m0/s1. The van der Waals surface area contributed by atoms with Gasteiger partial charge in [-0.1, -0.05) is 19.1 Å². The number of sulfone groups is 1. The van der Waals surface area contributed by atoms with E-state index in [0.717, 1.165) is 0 Å². The van der Waals surface area contributed by atoms with Crippen molar-refractivity contribution in [3.63, 3.8) is 0 Å². The second kappa shape index (κ2) is 4.58. The maximum Gasteiger partial charge on any atom is 0.155 e. The molecule has 2 rings (SSSR count). The first kappa shape index (κ1) is 14.0. The van der Waals surface area contributed by atoms with E-state index in [1.165, 1.54) is 31.2 Å². The molecule has 0 spiro atoms. The number of nitrogens with zero attached hydrogens (tertiary/aromatic N) is 1. The number of rotatable bonds is 4. The number of benzene rings is 1. The van der Waals surface area contributed by atoms with Crippen LogP contribution in [0.2, 0.25) is 0 Å². The maximum absolute atomic E-state index is 12.9. The number of halogens is 1. The van der Waals surface area contributed by atoms with Gasteiger partial charge in [-0.3, -0.25) is 0 Å². The Morgan fingerprint density at radius 3 is 2.42 bits per heavy atom. The van der Waals surface area contributed by atoms with Crippen molar-refractivity contribution in [2.75, 3.05) is 12.4 Å². The van der Waals surface area contributed by atoms with Crippen LogP contribution in [0.1, 0.15) is 18.4 Å². The minimum absolute atomic E-state index is 0.0845. The second-order valence-corrected chi connectivity index (χ2v) is 7.12. The first-order chi connectivity index (χ1) is 8.93. The largest absolute Gasteiger partial charge is 0.395 e. The fourth-order valence-corrected chi connectivity index (χ4v) is 4.62. The highest BCUT2D eigenvalue weighted by molar-refractivity contribution is 7.92. The summed E-state index contributed by atoms with van der Waals surface area (Å²) in [5.41, 5.74) is -0.730. The summed E-state index contributed by atoms with van der Waals surface area (Å²) in [4.78, 5) is 0. The van der Waals surface area contributed by atoms with Crippen molar-refractivity contribution in [3.05, 3.63) is 35.6 Å². The van der Waals surface area contributed by atoms with Gasteiger partial charge in [0, 0.05) is 11.7 Å². The van der Waals surface area contributed by atoms with Crippen LogP contribution in [0.4, 0.5) is 4.39 Å². The molecule has 1 aromatic rings. The van der Waals surface area contributed by atoms with E-state index in [9.17, 15) is 23.2 Å². The van der Waals surface area contributed by atoms with E-state index in [1.807, 2.05) is 6.07 Å². The van der Waals surface area contributed by atoms with Crippen molar-refractivity contribution in [2.45, 2.75) is 18.1 Å². The van der Waals surface area contributed by atoms with Gasteiger partial charge in [0.1, 0.15) is 11.2 Å². The molecule has 0 saturated heterocycles. The molecular weight excluding hydrogens is 269 g/mol. The summed E-state index contributed by atoms with van der Waals surface area (Å²) in [6.07, 6.45) is 0. The topological polar surface area (TPSA) is 78.2 Å². The zero-order valence-corrected chi connectivity index (χ0v) is 11.2. The van der Waals surface area contributed by atoms with Crippen LogP contribution >= 0.6 is 0 Å².